The molecule has 0 radical (unpaired) electrons. The highest BCUT2D eigenvalue weighted by atomic mass is 16.2. The number of carbonyl (C=O) groups is 1. The summed E-state index contributed by atoms with van der Waals surface area (Å²) < 4.78 is 0. The third-order valence-electron chi connectivity index (χ3n) is 5.08. The normalized spacial score (nSPS) is 21.7. The highest BCUT2D eigenvalue weighted by molar-refractivity contribution is 5.84. The Morgan fingerprint density at radius 1 is 1.22 bits per heavy atom. The average Bonchev–Trinajstić information content (AvgIpc) is 2.64. The Kier molecular flexibility index (Phi) is 4.16. The summed E-state index contributed by atoms with van der Waals surface area (Å²) in [6.45, 7) is 14.5. The van der Waals surface area contributed by atoms with Gasteiger partial charge >= 0.3 is 0 Å². The molecule has 1 aliphatic rings. The second-order valence-electron chi connectivity index (χ2n) is 7.65. The molecule has 0 atom stereocenters. The maximum atomic E-state index is 12.2. The van der Waals surface area contributed by atoms with Crippen LogP contribution < -0.4 is 11.1 Å². The van der Waals surface area contributed by atoms with Gasteiger partial charge in [0, 0.05) is 12.5 Å². The topological polar surface area (TPSA) is 55.1 Å². The van der Waals surface area contributed by atoms with Gasteiger partial charge in [-0.15, -0.1) is 0 Å². The number of hydrogen-bond acceptors (Lipinski definition) is 2. The van der Waals surface area contributed by atoms with Gasteiger partial charge in [-0.2, -0.15) is 0 Å². The molecule has 0 unspecified atom stereocenters. The fraction of sp³-hybridized carbons (Fsp3) is 0.933. The molecule has 1 rings (SSSR count). The second-order valence-corrected chi connectivity index (χ2v) is 7.65. The first-order chi connectivity index (χ1) is 8.06. The van der Waals surface area contributed by atoms with Gasteiger partial charge in [0.2, 0.25) is 5.91 Å². The highest BCUT2D eigenvalue weighted by Gasteiger charge is 2.68. The smallest absolute Gasteiger partial charge is 0.224 e. The number of hydrogen-bond donors (Lipinski definition) is 2. The molecular weight excluding hydrogens is 224 g/mol. The standard InChI is InChI=1S/C15H30N2O/c1-13(2,8-7-9-16)10-17-12(18)11-14(3,4)15(11,5)6/h11H,7-10,16H2,1-6H3,(H,17,18). The van der Waals surface area contributed by atoms with Crippen LogP contribution in [0.5, 0.6) is 0 Å². The zero-order valence-electron chi connectivity index (χ0n) is 12.9. The number of nitrogens with two attached hydrogens (primary N) is 1. The SMILES string of the molecule is CC(C)(CCCN)CNC(=O)C1C(C)(C)C1(C)C. The lowest BCUT2D eigenvalue weighted by molar-refractivity contribution is -0.123. The van der Waals surface area contributed by atoms with E-state index in [1.807, 2.05) is 0 Å². The van der Waals surface area contributed by atoms with Crippen molar-refractivity contribution in [1.29, 1.82) is 0 Å². The summed E-state index contributed by atoms with van der Waals surface area (Å²) in [5.41, 5.74) is 5.92. The number of nitrogens with one attached hydrogen (secondary N) is 1. The molecule has 0 bridgehead atoms. The van der Waals surface area contributed by atoms with E-state index in [2.05, 4.69) is 46.9 Å². The Labute approximate surface area is 112 Å². The molecule has 0 aromatic carbocycles. The van der Waals surface area contributed by atoms with Crippen molar-refractivity contribution in [2.45, 2.75) is 54.4 Å². The zero-order valence-corrected chi connectivity index (χ0v) is 12.9. The Bertz CT molecular complexity index is 304. The van der Waals surface area contributed by atoms with E-state index in [1.54, 1.807) is 0 Å². The van der Waals surface area contributed by atoms with Crippen LogP contribution in [0.4, 0.5) is 0 Å². The zero-order chi connectivity index (χ0) is 14.2. The molecule has 1 saturated carbocycles. The maximum absolute atomic E-state index is 12.2. The first-order valence-electron chi connectivity index (χ1n) is 7.04. The van der Waals surface area contributed by atoms with E-state index in [1.165, 1.54) is 0 Å². The van der Waals surface area contributed by atoms with Crippen LogP contribution in [0.25, 0.3) is 0 Å². The van der Waals surface area contributed by atoms with Crippen LogP contribution in [0.1, 0.15) is 54.4 Å². The van der Waals surface area contributed by atoms with Crippen LogP contribution in [-0.2, 0) is 4.79 Å². The molecule has 106 valence electrons. The summed E-state index contributed by atoms with van der Waals surface area (Å²) in [5, 5.41) is 3.13. The minimum Gasteiger partial charge on any atom is -0.355 e. The van der Waals surface area contributed by atoms with Crippen LogP contribution in [0.15, 0.2) is 0 Å². The van der Waals surface area contributed by atoms with E-state index in [4.69, 9.17) is 5.73 Å². The minimum atomic E-state index is 0.123. The molecule has 0 saturated heterocycles. The fourth-order valence-electron chi connectivity index (χ4n) is 2.95. The van der Waals surface area contributed by atoms with Crippen molar-refractivity contribution < 1.29 is 4.79 Å². The fourth-order valence-corrected chi connectivity index (χ4v) is 2.95. The highest BCUT2D eigenvalue weighted by Crippen LogP contribution is 2.68. The molecule has 0 aromatic heterocycles. The van der Waals surface area contributed by atoms with E-state index >= 15 is 0 Å². The van der Waals surface area contributed by atoms with E-state index < -0.39 is 0 Å². The van der Waals surface area contributed by atoms with E-state index in [0.717, 1.165) is 25.9 Å². The first-order valence-corrected chi connectivity index (χ1v) is 7.04. The summed E-state index contributed by atoms with van der Waals surface area (Å²) in [6, 6.07) is 0. The summed E-state index contributed by atoms with van der Waals surface area (Å²) in [5.74, 6) is 0.362. The monoisotopic (exact) mass is 254 g/mol. The van der Waals surface area contributed by atoms with Crippen molar-refractivity contribution in [3.63, 3.8) is 0 Å². The van der Waals surface area contributed by atoms with Crippen molar-refractivity contribution in [3.8, 4) is 0 Å². The lowest BCUT2D eigenvalue weighted by atomic mass is 9.87. The Morgan fingerprint density at radius 3 is 2.11 bits per heavy atom. The molecule has 3 heteroatoms. The molecule has 1 aliphatic carbocycles. The van der Waals surface area contributed by atoms with Crippen molar-refractivity contribution in [2.75, 3.05) is 13.1 Å². The van der Waals surface area contributed by atoms with Gasteiger partial charge in [-0.3, -0.25) is 4.79 Å². The van der Waals surface area contributed by atoms with Crippen molar-refractivity contribution in [2.24, 2.45) is 27.9 Å². The molecule has 0 aromatic rings. The van der Waals surface area contributed by atoms with Crippen LogP contribution in [0.2, 0.25) is 0 Å². The summed E-state index contributed by atoms with van der Waals surface area (Å²) in [4.78, 5) is 12.2. The first kappa shape index (κ1) is 15.5. The molecule has 3 nitrogen and oxygen atoms in total. The third-order valence-corrected chi connectivity index (χ3v) is 5.08. The van der Waals surface area contributed by atoms with Gasteiger partial charge in [-0.05, 0) is 35.6 Å². The van der Waals surface area contributed by atoms with Gasteiger partial charge in [0.25, 0.3) is 0 Å². The molecule has 18 heavy (non-hydrogen) atoms. The quantitative estimate of drug-likeness (QED) is 0.765. The molecule has 0 heterocycles. The van der Waals surface area contributed by atoms with Gasteiger partial charge in [-0.25, -0.2) is 0 Å². The van der Waals surface area contributed by atoms with Gasteiger partial charge < -0.3 is 11.1 Å². The van der Waals surface area contributed by atoms with Gasteiger partial charge in [0.05, 0.1) is 0 Å². The van der Waals surface area contributed by atoms with Gasteiger partial charge in [0.1, 0.15) is 0 Å². The Morgan fingerprint density at radius 2 is 1.72 bits per heavy atom. The summed E-state index contributed by atoms with van der Waals surface area (Å²) in [6.07, 6.45) is 2.07. The van der Waals surface area contributed by atoms with E-state index in [9.17, 15) is 4.79 Å². The molecular formula is C15H30N2O. The van der Waals surface area contributed by atoms with Crippen molar-refractivity contribution in [1.82, 2.24) is 5.32 Å². The van der Waals surface area contributed by atoms with E-state index in [-0.39, 0.29) is 28.1 Å². The second kappa shape index (κ2) is 4.84. The third kappa shape index (κ3) is 2.87. The van der Waals surface area contributed by atoms with Gasteiger partial charge in [0.15, 0.2) is 0 Å². The predicted octanol–water partition coefficient (Wildman–Crippen LogP) is 2.55. The van der Waals surface area contributed by atoms with Gasteiger partial charge in [-0.1, -0.05) is 41.5 Å². The van der Waals surface area contributed by atoms with Crippen LogP contribution >= 0.6 is 0 Å². The largest absolute Gasteiger partial charge is 0.355 e. The maximum Gasteiger partial charge on any atom is 0.224 e. The number of amides is 1. The number of carbonyl (C=O) groups excluding carboxylic acids is 1. The lowest BCUT2D eigenvalue weighted by Gasteiger charge is -2.25. The summed E-state index contributed by atoms with van der Waals surface area (Å²) in [7, 11) is 0. The minimum absolute atomic E-state index is 0.123. The average molecular weight is 254 g/mol. The van der Waals surface area contributed by atoms with Crippen molar-refractivity contribution in [3.05, 3.63) is 0 Å². The number of rotatable bonds is 6. The van der Waals surface area contributed by atoms with E-state index in [0.29, 0.717) is 0 Å². The molecule has 3 N–H and O–H groups in total. The van der Waals surface area contributed by atoms with Crippen LogP contribution in [-0.4, -0.2) is 19.0 Å². The van der Waals surface area contributed by atoms with Crippen molar-refractivity contribution >= 4 is 5.91 Å². The molecule has 0 spiro atoms. The molecule has 1 amide bonds. The van der Waals surface area contributed by atoms with Crippen LogP contribution in [0.3, 0.4) is 0 Å². The molecule has 1 fully saturated rings. The lowest BCUT2D eigenvalue weighted by Crippen LogP contribution is -2.36. The summed E-state index contributed by atoms with van der Waals surface area (Å²) >= 11 is 0. The molecule has 0 aliphatic heterocycles. The Hall–Kier alpha value is -0.570. The Balaban J connectivity index is 2.44. The predicted molar refractivity (Wildman–Crippen MR) is 76.1 cm³/mol. The van der Waals surface area contributed by atoms with Crippen LogP contribution in [0, 0.1) is 22.2 Å².